The molecular formula is C28H36N2O2. The van der Waals surface area contributed by atoms with Gasteiger partial charge < -0.3 is 9.64 Å². The van der Waals surface area contributed by atoms with E-state index in [1.165, 1.54) is 42.5 Å². The van der Waals surface area contributed by atoms with Gasteiger partial charge in [0, 0.05) is 29.8 Å². The van der Waals surface area contributed by atoms with Crippen molar-refractivity contribution in [1.82, 2.24) is 9.88 Å². The summed E-state index contributed by atoms with van der Waals surface area (Å²) in [6.07, 6.45) is 17.8. The van der Waals surface area contributed by atoms with Crippen molar-refractivity contribution in [3.8, 4) is 5.75 Å². The molecule has 1 saturated heterocycles. The van der Waals surface area contributed by atoms with Gasteiger partial charge >= 0.3 is 0 Å². The summed E-state index contributed by atoms with van der Waals surface area (Å²) in [4.78, 5) is 19.5. The molecule has 4 nitrogen and oxygen atoms in total. The van der Waals surface area contributed by atoms with Gasteiger partial charge in [-0.1, -0.05) is 26.0 Å². The first kappa shape index (κ1) is 20.5. The number of hydrogen-bond acceptors (Lipinski definition) is 3. The maximum atomic E-state index is 12.8. The monoisotopic (exact) mass is 432 g/mol. The van der Waals surface area contributed by atoms with Crippen LogP contribution < -0.4 is 4.74 Å². The van der Waals surface area contributed by atoms with Crippen molar-refractivity contribution in [1.29, 1.82) is 0 Å². The molecule has 0 aromatic carbocycles. The number of piperidine rings is 1. The standard InChI is InChI=1S/C28H36N2O2/c1-4-32-20-15-18(16-29-17-20)22-8-9-23-21-7-10-25-28(3,24(21)11-13-27(22,23)2)14-12-26(31)30(25)19-5-6-19/h8,10,15-17,19,21,23-24H,4-7,9,11-14H2,1-3H3/t21-,23-,24-,27+,28+/m0/s1. The molecule has 5 atom stereocenters. The third-order valence-electron chi connectivity index (χ3n) is 9.64. The van der Waals surface area contributed by atoms with Crippen LogP contribution in [-0.4, -0.2) is 28.4 Å². The molecule has 4 aliphatic carbocycles. The summed E-state index contributed by atoms with van der Waals surface area (Å²) in [7, 11) is 0. The van der Waals surface area contributed by atoms with E-state index in [9.17, 15) is 4.79 Å². The Hall–Kier alpha value is -2.10. The second kappa shape index (κ2) is 7.20. The minimum absolute atomic E-state index is 0.167. The number of likely N-dealkylation sites (tertiary alicyclic amines) is 1. The van der Waals surface area contributed by atoms with Gasteiger partial charge in [0.2, 0.25) is 5.91 Å². The highest BCUT2D eigenvalue weighted by Gasteiger charge is 2.59. The van der Waals surface area contributed by atoms with Crippen LogP contribution in [0, 0.1) is 28.6 Å². The molecule has 4 heteroatoms. The van der Waals surface area contributed by atoms with Crippen LogP contribution >= 0.6 is 0 Å². The Kier molecular flexibility index (Phi) is 4.61. The lowest BCUT2D eigenvalue weighted by Crippen LogP contribution is -2.54. The highest BCUT2D eigenvalue weighted by atomic mass is 16.5. The minimum atomic E-state index is 0.167. The number of pyridine rings is 1. The fourth-order valence-corrected chi connectivity index (χ4v) is 7.95. The number of hydrogen-bond donors (Lipinski definition) is 0. The third kappa shape index (κ3) is 2.87. The maximum Gasteiger partial charge on any atom is 0.227 e. The zero-order valence-electron chi connectivity index (χ0n) is 19.8. The van der Waals surface area contributed by atoms with Gasteiger partial charge in [-0.05, 0) is 92.2 Å². The van der Waals surface area contributed by atoms with Gasteiger partial charge in [0.05, 0.1) is 12.8 Å². The van der Waals surface area contributed by atoms with Crippen LogP contribution in [0.15, 0.2) is 36.3 Å². The van der Waals surface area contributed by atoms with E-state index in [-0.39, 0.29) is 10.8 Å². The molecule has 0 N–H and O–H groups in total. The van der Waals surface area contributed by atoms with Crippen molar-refractivity contribution in [3.05, 3.63) is 41.9 Å². The second-order valence-electron chi connectivity index (χ2n) is 11.3. The van der Waals surface area contributed by atoms with E-state index in [1.807, 2.05) is 19.3 Å². The summed E-state index contributed by atoms with van der Waals surface area (Å²) in [5.41, 5.74) is 4.48. The Morgan fingerprint density at radius 3 is 2.69 bits per heavy atom. The summed E-state index contributed by atoms with van der Waals surface area (Å²) < 4.78 is 5.75. The van der Waals surface area contributed by atoms with Gasteiger partial charge in [-0.25, -0.2) is 0 Å². The summed E-state index contributed by atoms with van der Waals surface area (Å²) in [5, 5.41) is 0. The molecule has 0 radical (unpaired) electrons. The molecule has 32 heavy (non-hydrogen) atoms. The van der Waals surface area contributed by atoms with Gasteiger partial charge in [-0.15, -0.1) is 0 Å². The number of rotatable bonds is 4. The molecule has 2 heterocycles. The molecule has 5 aliphatic rings. The maximum absolute atomic E-state index is 12.8. The number of allylic oxidation sites excluding steroid dienone is 4. The SMILES string of the molecule is CCOc1cncc(C2=CC[C@H]3[C@@H]4CC=C5N(C6CC6)C(=O)CC[C@]5(C)[C@H]4CC[C@]23C)c1. The minimum Gasteiger partial charge on any atom is -0.492 e. The molecule has 2 saturated carbocycles. The Labute approximate surface area is 192 Å². The Morgan fingerprint density at radius 2 is 1.91 bits per heavy atom. The molecule has 1 amide bonds. The lowest BCUT2D eigenvalue weighted by molar-refractivity contribution is -0.137. The number of fused-ring (bicyclic) bond motifs is 5. The van der Waals surface area contributed by atoms with E-state index >= 15 is 0 Å². The van der Waals surface area contributed by atoms with Crippen molar-refractivity contribution in [3.63, 3.8) is 0 Å². The summed E-state index contributed by atoms with van der Waals surface area (Å²) >= 11 is 0. The normalized spacial score (nSPS) is 38.4. The Bertz CT molecular complexity index is 1010. The van der Waals surface area contributed by atoms with Crippen LogP contribution in [0.5, 0.6) is 5.75 Å². The fourth-order valence-electron chi connectivity index (χ4n) is 7.95. The van der Waals surface area contributed by atoms with Crippen LogP contribution in [0.25, 0.3) is 5.57 Å². The number of aromatic nitrogens is 1. The van der Waals surface area contributed by atoms with Crippen LogP contribution in [-0.2, 0) is 4.79 Å². The van der Waals surface area contributed by atoms with E-state index in [0.717, 1.165) is 31.4 Å². The first-order valence-electron chi connectivity index (χ1n) is 12.8. The van der Waals surface area contributed by atoms with E-state index in [2.05, 4.69) is 41.9 Å². The molecule has 6 rings (SSSR count). The predicted octanol–water partition coefficient (Wildman–Crippen LogP) is 5.99. The van der Waals surface area contributed by atoms with Crippen LogP contribution in [0.2, 0.25) is 0 Å². The Morgan fingerprint density at radius 1 is 1.06 bits per heavy atom. The second-order valence-corrected chi connectivity index (χ2v) is 11.3. The van der Waals surface area contributed by atoms with Crippen LogP contribution in [0.1, 0.15) is 77.7 Å². The average Bonchev–Trinajstić information content (AvgIpc) is 3.55. The molecule has 170 valence electrons. The van der Waals surface area contributed by atoms with Crippen molar-refractivity contribution >= 4 is 11.5 Å². The van der Waals surface area contributed by atoms with Gasteiger partial charge in [0.15, 0.2) is 0 Å². The fraction of sp³-hybridized carbons (Fsp3) is 0.643. The Balaban J connectivity index is 1.31. The van der Waals surface area contributed by atoms with E-state index in [0.29, 0.717) is 36.3 Å². The van der Waals surface area contributed by atoms with Gasteiger partial charge in [-0.3, -0.25) is 9.78 Å². The van der Waals surface area contributed by atoms with Gasteiger partial charge in [0.1, 0.15) is 5.75 Å². The van der Waals surface area contributed by atoms with E-state index in [4.69, 9.17) is 4.74 Å². The predicted molar refractivity (Wildman–Crippen MR) is 126 cm³/mol. The number of carbonyl (C=O) groups excluding carboxylic acids is 1. The lowest BCUT2D eigenvalue weighted by atomic mass is 9.49. The molecular weight excluding hydrogens is 396 g/mol. The quantitative estimate of drug-likeness (QED) is 0.586. The lowest BCUT2D eigenvalue weighted by Gasteiger charge is -2.58. The number of carbonyl (C=O) groups is 1. The zero-order valence-corrected chi connectivity index (χ0v) is 19.8. The molecule has 1 aromatic heterocycles. The zero-order chi connectivity index (χ0) is 22.1. The van der Waals surface area contributed by atoms with E-state index < -0.39 is 0 Å². The number of nitrogens with zero attached hydrogens (tertiary/aromatic N) is 2. The smallest absolute Gasteiger partial charge is 0.227 e. The van der Waals surface area contributed by atoms with E-state index in [1.54, 1.807) is 0 Å². The van der Waals surface area contributed by atoms with Crippen LogP contribution in [0.4, 0.5) is 0 Å². The highest BCUT2D eigenvalue weighted by Crippen LogP contribution is 2.66. The van der Waals surface area contributed by atoms with Crippen LogP contribution in [0.3, 0.4) is 0 Å². The molecule has 1 aliphatic heterocycles. The molecule has 3 fully saturated rings. The van der Waals surface area contributed by atoms with Crippen molar-refractivity contribution < 1.29 is 9.53 Å². The number of ether oxygens (including phenoxy) is 1. The molecule has 1 aromatic rings. The molecule has 0 bridgehead atoms. The summed E-state index contributed by atoms with van der Waals surface area (Å²) in [5.74, 6) is 3.32. The average molecular weight is 433 g/mol. The number of amides is 1. The first-order valence-corrected chi connectivity index (χ1v) is 12.8. The third-order valence-corrected chi connectivity index (χ3v) is 9.64. The summed E-state index contributed by atoms with van der Waals surface area (Å²) in [6, 6.07) is 2.67. The molecule has 0 unspecified atom stereocenters. The largest absolute Gasteiger partial charge is 0.492 e. The molecule has 0 spiro atoms. The first-order chi connectivity index (χ1) is 15.5. The topological polar surface area (TPSA) is 42.4 Å². The van der Waals surface area contributed by atoms with Gasteiger partial charge in [0.25, 0.3) is 0 Å². The highest BCUT2D eigenvalue weighted by molar-refractivity contribution is 5.81. The summed E-state index contributed by atoms with van der Waals surface area (Å²) in [6.45, 7) is 7.68. The van der Waals surface area contributed by atoms with Crippen molar-refractivity contribution in [2.75, 3.05) is 6.61 Å². The van der Waals surface area contributed by atoms with Crippen molar-refractivity contribution in [2.45, 2.75) is 78.2 Å². The van der Waals surface area contributed by atoms with Crippen molar-refractivity contribution in [2.24, 2.45) is 28.6 Å². The van der Waals surface area contributed by atoms with Gasteiger partial charge in [-0.2, -0.15) is 0 Å².